The van der Waals surface area contributed by atoms with Crippen molar-refractivity contribution >= 4 is 17.2 Å². The lowest BCUT2D eigenvalue weighted by Crippen LogP contribution is -2.31. The van der Waals surface area contributed by atoms with Crippen molar-refractivity contribution in [3.8, 4) is 11.8 Å². The van der Waals surface area contributed by atoms with E-state index in [1.807, 2.05) is 11.4 Å². The fourth-order valence-corrected chi connectivity index (χ4v) is 3.33. The average Bonchev–Trinajstić information content (AvgIpc) is 2.92. The van der Waals surface area contributed by atoms with E-state index in [9.17, 15) is 4.79 Å². The summed E-state index contributed by atoms with van der Waals surface area (Å²) in [5, 5.41) is 13.6. The zero-order valence-electron chi connectivity index (χ0n) is 11.8. The van der Waals surface area contributed by atoms with Crippen molar-refractivity contribution < 1.29 is 9.90 Å². The smallest absolute Gasteiger partial charge is 0.262 e. The van der Waals surface area contributed by atoms with Gasteiger partial charge in [-0.1, -0.05) is 31.6 Å². The molecular formula is C16H21NO2S. The lowest BCUT2D eigenvalue weighted by atomic mass is 9.83. The molecule has 1 fully saturated rings. The molecule has 0 aromatic carbocycles. The summed E-state index contributed by atoms with van der Waals surface area (Å²) in [5.74, 6) is 6.81. The molecule has 20 heavy (non-hydrogen) atoms. The number of hydrogen-bond acceptors (Lipinski definition) is 3. The second-order valence-corrected chi connectivity index (χ2v) is 6.38. The summed E-state index contributed by atoms with van der Waals surface area (Å²) < 4.78 is 0. The van der Waals surface area contributed by atoms with Crippen molar-refractivity contribution in [3.63, 3.8) is 0 Å². The van der Waals surface area contributed by atoms with E-state index < -0.39 is 0 Å². The van der Waals surface area contributed by atoms with Crippen LogP contribution in [0.1, 0.15) is 47.8 Å². The van der Waals surface area contributed by atoms with Crippen LogP contribution in [0, 0.1) is 23.7 Å². The number of thiophene rings is 1. The van der Waals surface area contributed by atoms with Gasteiger partial charge in [0.05, 0.1) is 0 Å². The largest absolute Gasteiger partial charge is 0.384 e. The first-order chi connectivity index (χ1) is 9.70. The predicted octanol–water partition coefficient (Wildman–Crippen LogP) is 2.65. The fraction of sp³-hybridized carbons (Fsp3) is 0.562. The molecule has 0 saturated heterocycles. The van der Waals surface area contributed by atoms with E-state index in [0.29, 0.717) is 16.4 Å². The lowest BCUT2D eigenvalue weighted by Gasteiger charge is -2.26. The first-order valence-corrected chi connectivity index (χ1v) is 8.04. The highest BCUT2D eigenvalue weighted by Gasteiger charge is 2.19. The van der Waals surface area contributed by atoms with Crippen molar-refractivity contribution in [2.45, 2.75) is 32.6 Å². The van der Waals surface area contributed by atoms with Crippen LogP contribution in [0.2, 0.25) is 0 Å². The van der Waals surface area contributed by atoms with Gasteiger partial charge in [0.15, 0.2) is 0 Å². The van der Waals surface area contributed by atoms with E-state index in [1.54, 1.807) is 0 Å². The molecule has 0 spiro atoms. The van der Waals surface area contributed by atoms with Gasteiger partial charge in [0.25, 0.3) is 5.91 Å². The SMILES string of the molecule is CC1CCC(CNC(=O)c2sccc2C#CCO)CC1. The van der Waals surface area contributed by atoms with Crippen LogP contribution in [0.15, 0.2) is 11.4 Å². The molecule has 1 aromatic rings. The van der Waals surface area contributed by atoms with Gasteiger partial charge in [-0.05, 0) is 36.1 Å². The summed E-state index contributed by atoms with van der Waals surface area (Å²) in [4.78, 5) is 12.8. The van der Waals surface area contributed by atoms with Gasteiger partial charge < -0.3 is 10.4 Å². The van der Waals surface area contributed by atoms with Crippen LogP contribution in [0.4, 0.5) is 0 Å². The minimum absolute atomic E-state index is 0.0409. The Bertz CT molecular complexity index is 504. The van der Waals surface area contributed by atoms with Crippen LogP contribution in [0.25, 0.3) is 0 Å². The molecule has 2 rings (SSSR count). The van der Waals surface area contributed by atoms with Crippen molar-refractivity contribution in [2.24, 2.45) is 11.8 Å². The standard InChI is InChI=1S/C16H21NO2S/c1-12-4-6-13(7-5-12)11-17-16(19)15-14(3-2-9-18)8-10-20-15/h8,10,12-13,18H,4-7,9,11H2,1H3,(H,17,19). The maximum Gasteiger partial charge on any atom is 0.262 e. The van der Waals surface area contributed by atoms with E-state index >= 15 is 0 Å². The third kappa shape index (κ3) is 4.09. The maximum atomic E-state index is 12.2. The molecule has 1 saturated carbocycles. The van der Waals surface area contributed by atoms with Crippen molar-refractivity contribution in [3.05, 3.63) is 21.9 Å². The molecule has 1 heterocycles. The lowest BCUT2D eigenvalue weighted by molar-refractivity contribution is 0.0945. The topological polar surface area (TPSA) is 49.3 Å². The Kier molecular flexibility index (Phi) is 5.63. The number of carbonyl (C=O) groups is 1. The number of rotatable bonds is 3. The first-order valence-electron chi connectivity index (χ1n) is 7.16. The fourth-order valence-electron chi connectivity index (χ4n) is 2.57. The zero-order valence-corrected chi connectivity index (χ0v) is 12.6. The van der Waals surface area contributed by atoms with Gasteiger partial charge in [-0.3, -0.25) is 4.79 Å². The second-order valence-electron chi connectivity index (χ2n) is 5.46. The maximum absolute atomic E-state index is 12.2. The molecule has 1 amide bonds. The third-order valence-electron chi connectivity index (χ3n) is 3.86. The highest BCUT2D eigenvalue weighted by Crippen LogP contribution is 2.27. The summed E-state index contributed by atoms with van der Waals surface area (Å²) in [5.41, 5.74) is 0.707. The third-order valence-corrected chi connectivity index (χ3v) is 4.77. The average molecular weight is 291 g/mol. The highest BCUT2D eigenvalue weighted by atomic mass is 32.1. The molecule has 108 valence electrons. The molecule has 0 aliphatic heterocycles. The van der Waals surface area contributed by atoms with E-state index in [2.05, 4.69) is 24.1 Å². The Balaban J connectivity index is 1.87. The number of hydrogen-bond donors (Lipinski definition) is 2. The Hall–Kier alpha value is -1.31. The van der Waals surface area contributed by atoms with Gasteiger partial charge >= 0.3 is 0 Å². The number of aliphatic hydroxyl groups is 1. The Labute approximate surface area is 124 Å². The van der Waals surface area contributed by atoms with Crippen LogP contribution < -0.4 is 5.32 Å². The predicted molar refractivity (Wildman–Crippen MR) is 81.7 cm³/mol. The normalized spacial score (nSPS) is 21.9. The minimum atomic E-state index is -0.183. The van der Waals surface area contributed by atoms with Gasteiger partial charge in [0, 0.05) is 12.1 Å². The Morgan fingerprint density at radius 3 is 2.90 bits per heavy atom. The molecule has 4 heteroatoms. The number of carbonyl (C=O) groups excluding carboxylic acids is 1. The highest BCUT2D eigenvalue weighted by molar-refractivity contribution is 7.12. The summed E-state index contributed by atoms with van der Waals surface area (Å²) in [7, 11) is 0. The number of nitrogens with one attached hydrogen (secondary N) is 1. The molecular weight excluding hydrogens is 270 g/mol. The van der Waals surface area contributed by atoms with Crippen LogP contribution in [0.5, 0.6) is 0 Å². The molecule has 2 N–H and O–H groups in total. The molecule has 0 radical (unpaired) electrons. The number of amides is 1. The van der Waals surface area contributed by atoms with Crippen LogP contribution >= 0.6 is 11.3 Å². The first kappa shape index (κ1) is 15.1. The van der Waals surface area contributed by atoms with E-state index in [-0.39, 0.29) is 12.5 Å². The van der Waals surface area contributed by atoms with Crippen molar-refractivity contribution in [1.82, 2.24) is 5.32 Å². The summed E-state index contributed by atoms with van der Waals surface area (Å²) in [6, 6.07) is 1.82. The Morgan fingerprint density at radius 1 is 1.45 bits per heavy atom. The van der Waals surface area contributed by atoms with Crippen molar-refractivity contribution in [1.29, 1.82) is 0 Å². The molecule has 1 aliphatic carbocycles. The van der Waals surface area contributed by atoms with E-state index in [0.717, 1.165) is 12.5 Å². The van der Waals surface area contributed by atoms with Crippen LogP contribution in [-0.2, 0) is 0 Å². The monoisotopic (exact) mass is 291 g/mol. The van der Waals surface area contributed by atoms with Gasteiger partial charge in [-0.15, -0.1) is 11.3 Å². The summed E-state index contributed by atoms with van der Waals surface area (Å²) in [6.45, 7) is 2.88. The molecule has 1 aliphatic rings. The van der Waals surface area contributed by atoms with Crippen LogP contribution in [-0.4, -0.2) is 24.2 Å². The van der Waals surface area contributed by atoms with Gasteiger partial charge in [-0.2, -0.15) is 0 Å². The molecule has 0 bridgehead atoms. The minimum Gasteiger partial charge on any atom is -0.384 e. The number of aliphatic hydroxyl groups excluding tert-OH is 1. The molecule has 3 nitrogen and oxygen atoms in total. The molecule has 1 aromatic heterocycles. The van der Waals surface area contributed by atoms with Crippen molar-refractivity contribution in [2.75, 3.05) is 13.2 Å². The second kappa shape index (κ2) is 7.47. The van der Waals surface area contributed by atoms with Gasteiger partial charge in [0.2, 0.25) is 0 Å². The van der Waals surface area contributed by atoms with Gasteiger partial charge in [-0.25, -0.2) is 0 Å². The van der Waals surface area contributed by atoms with Gasteiger partial charge in [0.1, 0.15) is 11.5 Å². The van der Waals surface area contributed by atoms with E-state index in [4.69, 9.17) is 5.11 Å². The zero-order chi connectivity index (χ0) is 14.4. The quantitative estimate of drug-likeness (QED) is 0.841. The molecule has 0 unspecified atom stereocenters. The Morgan fingerprint density at radius 2 is 2.20 bits per heavy atom. The summed E-state index contributed by atoms with van der Waals surface area (Å²) in [6.07, 6.45) is 4.96. The van der Waals surface area contributed by atoms with Crippen LogP contribution in [0.3, 0.4) is 0 Å². The van der Waals surface area contributed by atoms with E-state index in [1.165, 1.54) is 37.0 Å². The summed E-state index contributed by atoms with van der Waals surface area (Å²) >= 11 is 1.40. The molecule has 0 atom stereocenters.